The Labute approximate surface area is 116 Å². The molecule has 2 heterocycles. The highest BCUT2D eigenvalue weighted by Gasteiger charge is 2.22. The Balaban J connectivity index is 2.03. The van der Waals surface area contributed by atoms with Crippen LogP contribution < -0.4 is 0 Å². The summed E-state index contributed by atoms with van der Waals surface area (Å²) >= 11 is 0. The number of carbonyl (C=O) groups is 1. The van der Waals surface area contributed by atoms with E-state index in [2.05, 4.69) is 15.3 Å². The van der Waals surface area contributed by atoms with E-state index in [0.717, 1.165) is 12.1 Å². The fourth-order valence-electron chi connectivity index (χ4n) is 1.57. The van der Waals surface area contributed by atoms with Crippen molar-refractivity contribution in [2.24, 2.45) is 0 Å². The molecule has 7 heteroatoms. The molecular weight excluding hydrogens is 262 g/mol. The van der Waals surface area contributed by atoms with E-state index in [1.165, 1.54) is 0 Å². The van der Waals surface area contributed by atoms with Gasteiger partial charge in [0.15, 0.2) is 11.9 Å². The highest BCUT2D eigenvalue weighted by molar-refractivity contribution is 5.86. The van der Waals surface area contributed by atoms with Gasteiger partial charge in [-0.15, -0.1) is 0 Å². The third-order valence-electron chi connectivity index (χ3n) is 3.02. The summed E-state index contributed by atoms with van der Waals surface area (Å²) in [7, 11) is 0. The average Bonchev–Trinajstić information content (AvgIpc) is 3.06. The van der Waals surface area contributed by atoms with Gasteiger partial charge in [0.25, 0.3) is 5.89 Å². The number of esters is 1. The third kappa shape index (κ3) is 3.04. The van der Waals surface area contributed by atoms with Gasteiger partial charge >= 0.3 is 5.97 Å². The van der Waals surface area contributed by atoms with Crippen LogP contribution in [0.3, 0.4) is 0 Å². The fraction of sp³-hybridized carbons (Fsp3) is 0.538. The molecule has 0 N–H and O–H groups in total. The number of aromatic nitrogens is 3. The maximum absolute atomic E-state index is 11.9. The second-order valence-corrected chi connectivity index (χ2v) is 4.65. The molecule has 0 saturated carbocycles. The lowest BCUT2D eigenvalue weighted by molar-refractivity contribution is 0.0221. The number of nitrogens with zero attached hydrogens (tertiary/aromatic N) is 3. The maximum atomic E-state index is 11.9. The first-order valence-corrected chi connectivity index (χ1v) is 6.49. The lowest BCUT2D eigenvalue weighted by atomic mass is 10.1. The Hall–Kier alpha value is -2.18. The molecule has 0 aliphatic carbocycles. The van der Waals surface area contributed by atoms with Crippen LogP contribution in [-0.2, 0) is 4.74 Å². The van der Waals surface area contributed by atoms with E-state index in [0.29, 0.717) is 5.82 Å². The molecule has 2 aromatic heterocycles. The summed E-state index contributed by atoms with van der Waals surface area (Å²) in [5.74, 6) is 0.439. The second kappa shape index (κ2) is 5.85. The van der Waals surface area contributed by atoms with Crippen LogP contribution in [0, 0.1) is 6.92 Å². The van der Waals surface area contributed by atoms with E-state index in [1.54, 1.807) is 19.9 Å². The Morgan fingerprint density at radius 1 is 1.35 bits per heavy atom. The zero-order valence-corrected chi connectivity index (χ0v) is 11.9. The molecule has 0 saturated heterocycles. The molecule has 108 valence electrons. The van der Waals surface area contributed by atoms with E-state index in [-0.39, 0.29) is 17.6 Å². The van der Waals surface area contributed by atoms with Crippen LogP contribution in [0.15, 0.2) is 15.1 Å². The van der Waals surface area contributed by atoms with Gasteiger partial charge < -0.3 is 13.8 Å². The summed E-state index contributed by atoms with van der Waals surface area (Å²) in [6.45, 7) is 7.39. The number of hydrogen-bond donors (Lipinski definition) is 0. The molecule has 0 aliphatic rings. The average molecular weight is 279 g/mol. The van der Waals surface area contributed by atoms with Gasteiger partial charge in [0.1, 0.15) is 0 Å². The predicted octanol–water partition coefficient (Wildman–Crippen LogP) is 2.80. The van der Waals surface area contributed by atoms with E-state index in [1.807, 2.05) is 13.8 Å². The first kappa shape index (κ1) is 14.2. The zero-order chi connectivity index (χ0) is 14.7. The van der Waals surface area contributed by atoms with Crippen molar-refractivity contribution in [3.8, 4) is 0 Å². The van der Waals surface area contributed by atoms with Crippen LogP contribution >= 0.6 is 0 Å². The lowest BCUT2D eigenvalue weighted by Crippen LogP contribution is -2.08. The van der Waals surface area contributed by atoms with Crippen molar-refractivity contribution in [2.45, 2.75) is 46.1 Å². The molecule has 7 nitrogen and oxygen atoms in total. The predicted molar refractivity (Wildman–Crippen MR) is 68.1 cm³/mol. The number of rotatable bonds is 5. The summed E-state index contributed by atoms with van der Waals surface area (Å²) in [5, 5.41) is 7.51. The van der Waals surface area contributed by atoms with Gasteiger partial charge in [-0.25, -0.2) is 4.79 Å². The van der Waals surface area contributed by atoms with E-state index >= 15 is 0 Å². The maximum Gasteiger partial charge on any atom is 0.377 e. The molecule has 0 fully saturated rings. The Kier molecular flexibility index (Phi) is 4.16. The summed E-state index contributed by atoms with van der Waals surface area (Å²) < 4.78 is 15.1. The minimum atomic E-state index is -0.638. The molecule has 0 aliphatic heterocycles. The Morgan fingerprint density at radius 3 is 2.70 bits per heavy atom. The number of ether oxygens (including phenoxy) is 1. The van der Waals surface area contributed by atoms with Crippen LogP contribution in [0.25, 0.3) is 0 Å². The van der Waals surface area contributed by atoms with Gasteiger partial charge in [-0.3, -0.25) is 0 Å². The largest absolute Gasteiger partial charge is 0.447 e. The zero-order valence-electron chi connectivity index (χ0n) is 11.9. The number of hydrogen-bond acceptors (Lipinski definition) is 7. The summed E-state index contributed by atoms with van der Waals surface area (Å²) in [4.78, 5) is 15.9. The van der Waals surface area contributed by atoms with Gasteiger partial charge in [-0.2, -0.15) is 4.98 Å². The third-order valence-corrected chi connectivity index (χ3v) is 3.02. The Morgan fingerprint density at radius 2 is 2.10 bits per heavy atom. The molecule has 0 spiro atoms. The molecule has 0 amide bonds. The SMILES string of the molecule is CC[C@@H](C)c1cc(C(=O)O[C@@H](C)c2nc(C)no2)on1. The van der Waals surface area contributed by atoms with Crippen molar-refractivity contribution in [2.75, 3.05) is 0 Å². The molecule has 2 atom stereocenters. The molecule has 0 aromatic carbocycles. The van der Waals surface area contributed by atoms with E-state index < -0.39 is 12.1 Å². The first-order chi connectivity index (χ1) is 9.51. The summed E-state index contributed by atoms with van der Waals surface area (Å²) in [5.41, 5.74) is 0.737. The van der Waals surface area contributed by atoms with Gasteiger partial charge in [-0.05, 0) is 20.3 Å². The van der Waals surface area contributed by atoms with Gasteiger partial charge in [0, 0.05) is 12.0 Å². The minimum absolute atomic E-state index is 0.0726. The van der Waals surface area contributed by atoms with Gasteiger partial charge in [0.05, 0.1) is 5.69 Å². The lowest BCUT2D eigenvalue weighted by Gasteiger charge is -2.06. The van der Waals surface area contributed by atoms with Crippen molar-refractivity contribution in [3.63, 3.8) is 0 Å². The molecule has 0 bridgehead atoms. The summed E-state index contributed by atoms with van der Waals surface area (Å²) in [6, 6.07) is 1.60. The Bertz CT molecular complexity index is 590. The van der Waals surface area contributed by atoms with Crippen molar-refractivity contribution in [1.29, 1.82) is 0 Å². The molecule has 2 aromatic rings. The highest BCUT2D eigenvalue weighted by Crippen LogP contribution is 2.21. The van der Waals surface area contributed by atoms with E-state index in [4.69, 9.17) is 13.8 Å². The molecule has 20 heavy (non-hydrogen) atoms. The molecule has 0 unspecified atom stereocenters. The number of carbonyl (C=O) groups excluding carboxylic acids is 1. The van der Waals surface area contributed by atoms with Crippen molar-refractivity contribution >= 4 is 5.97 Å². The minimum Gasteiger partial charge on any atom is -0.447 e. The van der Waals surface area contributed by atoms with E-state index in [9.17, 15) is 4.79 Å². The first-order valence-electron chi connectivity index (χ1n) is 6.49. The van der Waals surface area contributed by atoms with Crippen molar-refractivity contribution in [3.05, 3.63) is 29.2 Å². The van der Waals surface area contributed by atoms with Crippen LogP contribution in [0.5, 0.6) is 0 Å². The monoisotopic (exact) mass is 279 g/mol. The molecule has 0 radical (unpaired) electrons. The van der Waals surface area contributed by atoms with Crippen LogP contribution in [-0.4, -0.2) is 21.3 Å². The second-order valence-electron chi connectivity index (χ2n) is 4.65. The highest BCUT2D eigenvalue weighted by atomic mass is 16.6. The molecular formula is C13H17N3O4. The normalized spacial score (nSPS) is 14.0. The molecule has 2 rings (SSSR count). The fourth-order valence-corrected chi connectivity index (χ4v) is 1.57. The van der Waals surface area contributed by atoms with Crippen molar-refractivity contribution in [1.82, 2.24) is 15.3 Å². The van der Waals surface area contributed by atoms with Gasteiger partial charge in [-0.1, -0.05) is 24.2 Å². The van der Waals surface area contributed by atoms with Crippen LogP contribution in [0.2, 0.25) is 0 Å². The van der Waals surface area contributed by atoms with Crippen molar-refractivity contribution < 1.29 is 18.6 Å². The van der Waals surface area contributed by atoms with Gasteiger partial charge in [0.2, 0.25) is 5.76 Å². The van der Waals surface area contributed by atoms with Crippen LogP contribution in [0.4, 0.5) is 0 Å². The standard InChI is InChI=1S/C13H17N3O4/c1-5-7(2)10-6-11(19-16-10)13(17)18-8(3)12-14-9(4)15-20-12/h6-8H,5H2,1-4H3/t7-,8+/m1/s1. The topological polar surface area (TPSA) is 91.2 Å². The quantitative estimate of drug-likeness (QED) is 0.777. The smallest absolute Gasteiger partial charge is 0.377 e. The number of aryl methyl sites for hydroxylation is 1. The van der Waals surface area contributed by atoms with Crippen LogP contribution in [0.1, 0.15) is 67.2 Å². The summed E-state index contributed by atoms with van der Waals surface area (Å²) in [6.07, 6.45) is 0.277.